The highest BCUT2D eigenvalue weighted by atomic mass is 35.5. The minimum absolute atomic E-state index is 0.594. The number of nitrogens with zero attached hydrogens (tertiary/aromatic N) is 2. The van der Waals surface area contributed by atoms with Crippen molar-refractivity contribution in [1.29, 1.82) is 0 Å². The summed E-state index contributed by atoms with van der Waals surface area (Å²) in [6.45, 7) is 2.14. The Morgan fingerprint density at radius 2 is 2.36 bits per heavy atom. The van der Waals surface area contributed by atoms with Gasteiger partial charge in [-0.3, -0.25) is 4.68 Å². The Morgan fingerprint density at radius 3 is 3.00 bits per heavy atom. The minimum atomic E-state index is 0.594. The van der Waals surface area contributed by atoms with Crippen molar-refractivity contribution in [3.8, 4) is 11.8 Å². The maximum absolute atomic E-state index is 5.55. The van der Waals surface area contributed by atoms with Crippen LogP contribution >= 0.6 is 11.6 Å². The van der Waals surface area contributed by atoms with Gasteiger partial charge in [0.2, 0.25) is 0 Å². The van der Waals surface area contributed by atoms with Gasteiger partial charge < -0.3 is 0 Å². The molecule has 0 aliphatic rings. The van der Waals surface area contributed by atoms with Crippen molar-refractivity contribution in [1.82, 2.24) is 9.78 Å². The predicted octanol–water partition coefficient (Wildman–Crippen LogP) is 2.35. The molecular formula is C11H15ClN2. The van der Waals surface area contributed by atoms with Gasteiger partial charge in [0.1, 0.15) is 0 Å². The van der Waals surface area contributed by atoms with E-state index in [1.54, 1.807) is 0 Å². The van der Waals surface area contributed by atoms with E-state index >= 15 is 0 Å². The molecule has 0 spiro atoms. The first-order chi connectivity index (χ1) is 6.77. The minimum Gasteiger partial charge on any atom is -0.274 e. The highest BCUT2D eigenvalue weighted by molar-refractivity contribution is 6.18. The number of halogens is 1. The van der Waals surface area contributed by atoms with Crippen LogP contribution in [0.25, 0.3) is 0 Å². The lowest BCUT2D eigenvalue weighted by Crippen LogP contribution is -1.90. The number of aryl methyl sites for hydroxylation is 2. The third-order valence-electron chi connectivity index (χ3n) is 1.83. The zero-order chi connectivity index (χ0) is 10.4. The summed E-state index contributed by atoms with van der Waals surface area (Å²) in [5.41, 5.74) is 2.14. The molecular weight excluding hydrogens is 196 g/mol. The van der Waals surface area contributed by atoms with E-state index in [4.69, 9.17) is 11.6 Å². The van der Waals surface area contributed by atoms with Gasteiger partial charge in [-0.1, -0.05) is 25.2 Å². The first kappa shape index (κ1) is 11.1. The second kappa shape index (κ2) is 5.72. The quantitative estimate of drug-likeness (QED) is 0.553. The summed E-state index contributed by atoms with van der Waals surface area (Å²) < 4.78 is 1.82. The number of aromatic nitrogens is 2. The van der Waals surface area contributed by atoms with E-state index < -0.39 is 0 Å². The summed E-state index contributed by atoms with van der Waals surface area (Å²) in [5, 5.41) is 4.36. The molecule has 0 aliphatic carbocycles. The van der Waals surface area contributed by atoms with Gasteiger partial charge in [-0.2, -0.15) is 5.10 Å². The lowest BCUT2D eigenvalue weighted by atomic mass is 10.2. The van der Waals surface area contributed by atoms with Crippen LogP contribution in [-0.2, 0) is 13.5 Å². The summed E-state index contributed by atoms with van der Waals surface area (Å²) >= 11 is 5.55. The molecule has 2 nitrogen and oxygen atoms in total. The summed E-state index contributed by atoms with van der Waals surface area (Å²) in [4.78, 5) is 0. The van der Waals surface area contributed by atoms with Gasteiger partial charge >= 0.3 is 0 Å². The molecule has 0 saturated carbocycles. The Bertz CT molecular complexity index is 344. The predicted molar refractivity (Wildman–Crippen MR) is 59.4 cm³/mol. The van der Waals surface area contributed by atoms with Crippen LogP contribution in [0.2, 0.25) is 0 Å². The molecule has 0 atom stereocenters. The van der Waals surface area contributed by atoms with Crippen LogP contribution in [0.1, 0.15) is 31.0 Å². The second-order valence-electron chi connectivity index (χ2n) is 3.15. The standard InChI is InChI=1S/C11H15ClN2/c1-3-6-11-10(7-4-5-8-12)9-14(2)13-11/h9H,3,5-6,8H2,1-2H3. The maximum Gasteiger partial charge on any atom is 0.0780 e. The second-order valence-corrected chi connectivity index (χ2v) is 3.53. The van der Waals surface area contributed by atoms with Crippen molar-refractivity contribution < 1.29 is 0 Å². The molecule has 0 N–H and O–H groups in total. The molecule has 0 radical (unpaired) electrons. The van der Waals surface area contributed by atoms with Gasteiger partial charge in [0.25, 0.3) is 0 Å². The monoisotopic (exact) mass is 210 g/mol. The fraction of sp³-hybridized carbons (Fsp3) is 0.545. The molecule has 0 bridgehead atoms. The largest absolute Gasteiger partial charge is 0.274 e. The average molecular weight is 211 g/mol. The van der Waals surface area contributed by atoms with E-state index in [1.165, 1.54) is 0 Å². The Labute approximate surface area is 90.3 Å². The zero-order valence-corrected chi connectivity index (χ0v) is 9.43. The Kier molecular flexibility index (Phi) is 4.55. The van der Waals surface area contributed by atoms with E-state index in [0.29, 0.717) is 5.88 Å². The molecule has 3 heteroatoms. The van der Waals surface area contributed by atoms with E-state index in [9.17, 15) is 0 Å². The van der Waals surface area contributed by atoms with Crippen molar-refractivity contribution >= 4 is 11.6 Å². The Morgan fingerprint density at radius 1 is 1.57 bits per heavy atom. The lowest BCUT2D eigenvalue weighted by Gasteiger charge is -1.91. The summed E-state index contributed by atoms with van der Waals surface area (Å²) in [7, 11) is 1.92. The Hall–Kier alpha value is -0.940. The fourth-order valence-electron chi connectivity index (χ4n) is 1.27. The third kappa shape index (κ3) is 3.08. The molecule has 0 fully saturated rings. The van der Waals surface area contributed by atoms with Crippen LogP contribution in [0.4, 0.5) is 0 Å². The van der Waals surface area contributed by atoms with Gasteiger partial charge in [0.05, 0.1) is 11.3 Å². The number of alkyl halides is 1. The zero-order valence-electron chi connectivity index (χ0n) is 8.68. The van der Waals surface area contributed by atoms with Crippen LogP contribution in [0, 0.1) is 11.8 Å². The molecule has 0 aromatic carbocycles. The number of hydrogen-bond acceptors (Lipinski definition) is 1. The smallest absolute Gasteiger partial charge is 0.0780 e. The van der Waals surface area contributed by atoms with Gasteiger partial charge in [-0.05, 0) is 6.42 Å². The molecule has 1 aromatic heterocycles. The molecule has 76 valence electrons. The summed E-state index contributed by atoms with van der Waals surface area (Å²) in [6, 6.07) is 0. The highest BCUT2D eigenvalue weighted by Crippen LogP contribution is 2.07. The topological polar surface area (TPSA) is 17.8 Å². The van der Waals surface area contributed by atoms with E-state index in [-0.39, 0.29) is 0 Å². The van der Waals surface area contributed by atoms with Crippen LogP contribution in [0.15, 0.2) is 6.20 Å². The maximum atomic E-state index is 5.55. The van der Waals surface area contributed by atoms with E-state index in [0.717, 1.165) is 30.5 Å². The van der Waals surface area contributed by atoms with Crippen LogP contribution in [-0.4, -0.2) is 15.7 Å². The molecule has 14 heavy (non-hydrogen) atoms. The molecule has 0 unspecified atom stereocenters. The first-order valence-electron chi connectivity index (χ1n) is 4.85. The number of hydrogen-bond donors (Lipinski definition) is 0. The van der Waals surface area contributed by atoms with E-state index in [1.807, 2.05) is 17.9 Å². The molecule has 0 amide bonds. The van der Waals surface area contributed by atoms with Crippen molar-refractivity contribution in [3.63, 3.8) is 0 Å². The fourth-order valence-corrected chi connectivity index (χ4v) is 1.36. The average Bonchev–Trinajstić information content (AvgIpc) is 2.48. The first-order valence-corrected chi connectivity index (χ1v) is 5.38. The van der Waals surface area contributed by atoms with Crippen LogP contribution in [0.5, 0.6) is 0 Å². The van der Waals surface area contributed by atoms with Gasteiger partial charge in [0.15, 0.2) is 0 Å². The van der Waals surface area contributed by atoms with Crippen molar-refractivity contribution in [3.05, 3.63) is 17.5 Å². The normalized spacial score (nSPS) is 9.64. The van der Waals surface area contributed by atoms with Crippen LogP contribution < -0.4 is 0 Å². The molecule has 1 heterocycles. The molecule has 1 rings (SSSR count). The third-order valence-corrected chi connectivity index (χ3v) is 2.02. The lowest BCUT2D eigenvalue weighted by molar-refractivity contribution is 0.733. The van der Waals surface area contributed by atoms with Crippen molar-refractivity contribution in [2.75, 3.05) is 5.88 Å². The summed E-state index contributed by atoms with van der Waals surface area (Å²) in [5.74, 6) is 6.72. The van der Waals surface area contributed by atoms with Crippen LogP contribution in [0.3, 0.4) is 0 Å². The van der Waals surface area contributed by atoms with Crippen molar-refractivity contribution in [2.45, 2.75) is 26.2 Å². The summed E-state index contributed by atoms with van der Waals surface area (Å²) in [6.07, 6.45) is 4.79. The highest BCUT2D eigenvalue weighted by Gasteiger charge is 2.03. The van der Waals surface area contributed by atoms with Gasteiger partial charge in [-0.15, -0.1) is 11.6 Å². The van der Waals surface area contributed by atoms with Gasteiger partial charge in [0, 0.05) is 25.5 Å². The Balaban J connectivity index is 2.80. The number of rotatable bonds is 3. The molecule has 1 aromatic rings. The van der Waals surface area contributed by atoms with E-state index in [2.05, 4.69) is 23.9 Å². The van der Waals surface area contributed by atoms with Crippen molar-refractivity contribution in [2.24, 2.45) is 7.05 Å². The molecule has 0 saturated heterocycles. The SMILES string of the molecule is CCCc1nn(C)cc1C#CCCCl. The molecule has 0 aliphatic heterocycles. The van der Waals surface area contributed by atoms with Gasteiger partial charge in [-0.25, -0.2) is 0 Å².